The Labute approximate surface area is 48.1 Å². The standard InChI is InChI=1S/C2HN4OS/c7-1-8-2-3-5-6-4-2/h(H,3,4,5,6)/q+1. The van der Waals surface area contributed by atoms with Crippen LogP contribution in [-0.2, 0) is 16.1 Å². The predicted octanol–water partition coefficient (Wildman–Crippen LogP) is -1.29. The van der Waals surface area contributed by atoms with Gasteiger partial charge in [0.05, 0.1) is 0 Å². The first-order chi connectivity index (χ1) is 3.93. The number of hydrogen-bond donors (Lipinski definition) is 1. The molecule has 1 aromatic rings. The van der Waals surface area contributed by atoms with E-state index < -0.39 is 0 Å². The van der Waals surface area contributed by atoms with Gasteiger partial charge in [-0.25, -0.2) is 0 Å². The van der Waals surface area contributed by atoms with Crippen LogP contribution < -0.4 is 0 Å². The van der Waals surface area contributed by atoms with E-state index in [1.54, 1.807) is 5.23 Å². The summed E-state index contributed by atoms with van der Waals surface area (Å²) in [7, 11) is 0. The van der Waals surface area contributed by atoms with Gasteiger partial charge in [-0.2, -0.15) is 10.0 Å². The Morgan fingerprint density at radius 1 is 1.75 bits per heavy atom. The highest BCUT2D eigenvalue weighted by molar-refractivity contribution is 7.76. The van der Waals surface area contributed by atoms with Crippen LogP contribution in [0.5, 0.6) is 0 Å². The average molecular weight is 129 g/mol. The minimum Gasteiger partial charge on any atom is -0.172 e. The van der Waals surface area contributed by atoms with Gasteiger partial charge in [0.2, 0.25) is 0 Å². The second-order valence-corrected chi connectivity index (χ2v) is 1.62. The lowest BCUT2D eigenvalue weighted by atomic mass is 11.4. The van der Waals surface area contributed by atoms with E-state index in [4.69, 9.17) is 0 Å². The Bertz CT molecular complexity index is 200. The van der Waals surface area contributed by atoms with E-state index in [-0.39, 0.29) is 0 Å². The molecular weight excluding hydrogens is 128 g/mol. The largest absolute Gasteiger partial charge is 0.475 e. The van der Waals surface area contributed by atoms with Crippen molar-refractivity contribution < 1.29 is 4.79 Å². The van der Waals surface area contributed by atoms with Gasteiger partial charge >= 0.3 is 21.7 Å². The molecule has 0 unspecified atom stereocenters. The Morgan fingerprint density at radius 2 is 2.62 bits per heavy atom. The van der Waals surface area contributed by atoms with Crippen molar-refractivity contribution >= 4 is 16.6 Å². The van der Waals surface area contributed by atoms with Gasteiger partial charge in [-0.15, -0.1) is 0 Å². The molecule has 8 heavy (non-hydrogen) atoms. The SMILES string of the molecule is O=C=[S+]c1nn[nH]n1. The van der Waals surface area contributed by atoms with Crippen LogP contribution in [0.15, 0.2) is 5.16 Å². The van der Waals surface area contributed by atoms with Gasteiger partial charge < -0.3 is 0 Å². The first-order valence-corrected chi connectivity index (χ1v) is 2.52. The number of nitrogens with one attached hydrogen (secondary N) is 1. The van der Waals surface area contributed by atoms with Gasteiger partial charge in [-0.05, 0) is 10.3 Å². The number of aromatic amines is 1. The van der Waals surface area contributed by atoms with Crippen LogP contribution >= 0.6 is 0 Å². The minimum atomic E-state index is 0.292. The number of tetrazole rings is 1. The van der Waals surface area contributed by atoms with E-state index in [9.17, 15) is 4.79 Å². The summed E-state index contributed by atoms with van der Waals surface area (Å²) in [5.74, 6) is 0. The lowest BCUT2D eigenvalue weighted by Crippen LogP contribution is -1.75. The zero-order valence-corrected chi connectivity index (χ0v) is 4.47. The Hall–Kier alpha value is -1.13. The molecule has 40 valence electrons. The lowest BCUT2D eigenvalue weighted by molar-refractivity contribution is 0.572. The highest BCUT2D eigenvalue weighted by Crippen LogP contribution is 1.75. The molecule has 0 saturated carbocycles. The molecule has 0 fully saturated rings. The van der Waals surface area contributed by atoms with E-state index in [2.05, 4.69) is 20.6 Å². The number of rotatable bonds is 1. The highest BCUT2D eigenvalue weighted by atomic mass is 32.1. The molecule has 1 aromatic heterocycles. The third-order valence-electron chi connectivity index (χ3n) is 0.459. The van der Waals surface area contributed by atoms with Crippen molar-refractivity contribution in [1.82, 2.24) is 20.6 Å². The Morgan fingerprint density at radius 3 is 3.12 bits per heavy atom. The zero-order valence-electron chi connectivity index (χ0n) is 3.66. The van der Waals surface area contributed by atoms with Crippen molar-refractivity contribution in [2.75, 3.05) is 0 Å². The van der Waals surface area contributed by atoms with Crippen molar-refractivity contribution in [3.05, 3.63) is 0 Å². The minimum absolute atomic E-state index is 0.292. The van der Waals surface area contributed by atoms with E-state index in [0.717, 1.165) is 11.4 Å². The van der Waals surface area contributed by atoms with Gasteiger partial charge in [0, 0.05) is 0 Å². The van der Waals surface area contributed by atoms with E-state index in [1.165, 1.54) is 0 Å². The quantitative estimate of drug-likeness (QED) is 0.378. The molecule has 5 nitrogen and oxygen atoms in total. The van der Waals surface area contributed by atoms with Gasteiger partial charge in [-0.1, -0.05) is 5.10 Å². The molecule has 0 aliphatic heterocycles. The first kappa shape index (κ1) is 5.02. The summed E-state index contributed by atoms with van der Waals surface area (Å²) in [4.78, 5) is 9.59. The average Bonchev–Trinajstić information content (AvgIpc) is 2.19. The maximum absolute atomic E-state index is 9.59. The molecule has 0 bridgehead atoms. The van der Waals surface area contributed by atoms with Crippen LogP contribution in [0.1, 0.15) is 0 Å². The Kier molecular flexibility index (Phi) is 1.41. The second kappa shape index (κ2) is 2.25. The molecule has 0 spiro atoms. The summed E-state index contributed by atoms with van der Waals surface area (Å²) < 4.78 is 0. The van der Waals surface area contributed by atoms with Crippen molar-refractivity contribution in [2.24, 2.45) is 0 Å². The maximum atomic E-state index is 9.59. The maximum Gasteiger partial charge on any atom is 0.475 e. The van der Waals surface area contributed by atoms with E-state index in [1.807, 2.05) is 0 Å². The molecule has 0 saturated heterocycles. The molecule has 0 aliphatic rings. The van der Waals surface area contributed by atoms with Crippen LogP contribution in [0.3, 0.4) is 0 Å². The summed E-state index contributed by atoms with van der Waals surface area (Å²) in [5, 5.41) is 14.2. The molecular formula is C2HN4OS+. The number of aromatic nitrogens is 4. The van der Waals surface area contributed by atoms with Crippen LogP contribution in [0.25, 0.3) is 0 Å². The van der Waals surface area contributed by atoms with Gasteiger partial charge in [0.15, 0.2) is 0 Å². The van der Waals surface area contributed by atoms with Gasteiger partial charge in [0.1, 0.15) is 0 Å². The van der Waals surface area contributed by atoms with Crippen LogP contribution in [-0.4, -0.2) is 25.9 Å². The van der Waals surface area contributed by atoms with E-state index >= 15 is 0 Å². The highest BCUT2D eigenvalue weighted by Gasteiger charge is 2.06. The number of hydrogen-bond acceptors (Lipinski definition) is 4. The monoisotopic (exact) mass is 129 g/mol. The molecule has 1 heterocycles. The molecule has 6 heteroatoms. The fourth-order valence-electron chi connectivity index (χ4n) is 0.233. The summed E-state index contributed by atoms with van der Waals surface area (Å²) in [5.41, 5.74) is 0. The van der Waals surface area contributed by atoms with Crippen molar-refractivity contribution in [2.45, 2.75) is 5.16 Å². The number of nitrogens with zero attached hydrogens (tertiary/aromatic N) is 3. The molecule has 1 N–H and O–H groups in total. The molecule has 0 aromatic carbocycles. The number of carbonyl (C=O) groups excluding carboxylic acids is 1. The predicted molar refractivity (Wildman–Crippen MR) is 25.5 cm³/mol. The fourth-order valence-corrected chi connectivity index (χ4v) is 0.476. The molecule has 0 radical (unpaired) electrons. The Balaban J connectivity index is 2.93. The van der Waals surface area contributed by atoms with Crippen LogP contribution in [0.4, 0.5) is 0 Å². The van der Waals surface area contributed by atoms with E-state index in [0.29, 0.717) is 5.16 Å². The van der Waals surface area contributed by atoms with Crippen molar-refractivity contribution in [1.29, 1.82) is 0 Å². The molecule has 0 amide bonds. The fraction of sp³-hybridized carbons (Fsp3) is 0. The third-order valence-corrected chi connectivity index (χ3v) is 0.898. The topological polar surface area (TPSA) is 71.5 Å². The first-order valence-electron chi connectivity index (χ1n) is 1.71. The summed E-state index contributed by atoms with van der Waals surface area (Å²) in [6, 6.07) is 0. The van der Waals surface area contributed by atoms with Crippen molar-refractivity contribution in [3.63, 3.8) is 0 Å². The third kappa shape index (κ3) is 0.927. The summed E-state index contributed by atoms with van der Waals surface area (Å²) in [6.45, 7) is 0. The van der Waals surface area contributed by atoms with Gasteiger partial charge in [-0.3, -0.25) is 0 Å². The van der Waals surface area contributed by atoms with Crippen LogP contribution in [0.2, 0.25) is 0 Å². The number of H-pyrrole nitrogens is 1. The zero-order chi connectivity index (χ0) is 5.82. The second-order valence-electron chi connectivity index (χ2n) is 0.880. The summed E-state index contributed by atoms with van der Waals surface area (Å²) in [6.07, 6.45) is 0. The molecule has 0 atom stereocenters. The molecule has 0 aliphatic carbocycles. The smallest absolute Gasteiger partial charge is 0.172 e. The van der Waals surface area contributed by atoms with Gasteiger partial charge in [0.25, 0.3) is 0 Å². The summed E-state index contributed by atoms with van der Waals surface area (Å²) >= 11 is 0.760. The van der Waals surface area contributed by atoms with Crippen LogP contribution in [0, 0.1) is 0 Å². The lowest BCUT2D eigenvalue weighted by Gasteiger charge is -1.45. The normalized spacial score (nSPS) is 8.00. The van der Waals surface area contributed by atoms with Crippen molar-refractivity contribution in [3.8, 4) is 0 Å². The molecule has 1 rings (SSSR count).